The third-order valence-electron chi connectivity index (χ3n) is 1.81. The summed E-state index contributed by atoms with van der Waals surface area (Å²) in [6, 6.07) is 4.25. The maximum Gasteiger partial charge on any atom is 0.372 e. The lowest BCUT2D eigenvalue weighted by Gasteiger charge is -2.10. The Morgan fingerprint density at radius 3 is 2.44 bits per heavy atom. The van der Waals surface area contributed by atoms with Crippen molar-refractivity contribution >= 4 is 23.5 Å². The minimum absolute atomic E-state index is 0.0526. The molecule has 0 aliphatic rings. The summed E-state index contributed by atoms with van der Waals surface area (Å²) in [4.78, 5) is 21.2. The van der Waals surface area contributed by atoms with Gasteiger partial charge in [0, 0.05) is 11.1 Å². The molecule has 0 bridgehead atoms. The van der Waals surface area contributed by atoms with Crippen molar-refractivity contribution in [3.63, 3.8) is 0 Å². The molecule has 0 aliphatic carbocycles. The fourth-order valence-electron chi connectivity index (χ4n) is 1.09. The Morgan fingerprint density at radius 2 is 1.94 bits per heavy atom. The Bertz CT molecular complexity index is 508. The van der Waals surface area contributed by atoms with Gasteiger partial charge in [0.15, 0.2) is 11.5 Å². The molecule has 0 saturated carbocycles. The zero-order valence-electron chi connectivity index (χ0n) is 9.21. The molecule has 0 saturated heterocycles. The third-order valence-corrected chi connectivity index (χ3v) is 2.05. The first-order valence-electron chi connectivity index (χ1n) is 4.63. The SMILES string of the molecule is COc1cc(Cl)ccc1O/C(=C/C(=O)O)C(=O)O. The van der Waals surface area contributed by atoms with Crippen LogP contribution in [0.4, 0.5) is 0 Å². The number of aliphatic carboxylic acids is 2. The Labute approximate surface area is 107 Å². The van der Waals surface area contributed by atoms with Crippen molar-refractivity contribution in [2.75, 3.05) is 7.11 Å². The van der Waals surface area contributed by atoms with Crippen molar-refractivity contribution in [1.29, 1.82) is 0 Å². The number of carboxylic acids is 2. The van der Waals surface area contributed by atoms with Crippen molar-refractivity contribution in [3.05, 3.63) is 35.1 Å². The van der Waals surface area contributed by atoms with Crippen molar-refractivity contribution in [2.24, 2.45) is 0 Å². The maximum atomic E-state index is 10.8. The van der Waals surface area contributed by atoms with Crippen LogP contribution < -0.4 is 9.47 Å². The van der Waals surface area contributed by atoms with E-state index in [4.69, 9.17) is 31.3 Å². The van der Waals surface area contributed by atoms with Gasteiger partial charge < -0.3 is 19.7 Å². The molecule has 1 aromatic carbocycles. The molecule has 0 heterocycles. The maximum absolute atomic E-state index is 10.8. The Morgan fingerprint density at radius 1 is 1.28 bits per heavy atom. The van der Waals surface area contributed by atoms with E-state index in [2.05, 4.69) is 0 Å². The second-order valence-corrected chi connectivity index (χ2v) is 3.49. The summed E-state index contributed by atoms with van der Waals surface area (Å²) in [5.74, 6) is -3.42. The predicted molar refractivity (Wildman–Crippen MR) is 62.0 cm³/mol. The van der Waals surface area contributed by atoms with Crippen LogP contribution in [-0.2, 0) is 9.59 Å². The van der Waals surface area contributed by atoms with Gasteiger partial charge in [-0.15, -0.1) is 0 Å². The molecule has 0 aromatic heterocycles. The molecule has 0 amide bonds. The molecule has 2 N–H and O–H groups in total. The van der Waals surface area contributed by atoms with Crippen LogP contribution in [0, 0.1) is 0 Å². The normalized spacial score (nSPS) is 10.9. The highest BCUT2D eigenvalue weighted by Crippen LogP contribution is 2.31. The highest BCUT2D eigenvalue weighted by molar-refractivity contribution is 6.30. The van der Waals surface area contributed by atoms with Crippen LogP contribution in [0.15, 0.2) is 30.0 Å². The Hall–Kier alpha value is -2.21. The number of hydrogen-bond donors (Lipinski definition) is 2. The average Bonchev–Trinajstić information content (AvgIpc) is 2.29. The smallest absolute Gasteiger partial charge is 0.372 e. The van der Waals surface area contributed by atoms with Gasteiger partial charge in [0.2, 0.25) is 5.76 Å². The van der Waals surface area contributed by atoms with Crippen molar-refractivity contribution in [3.8, 4) is 11.5 Å². The van der Waals surface area contributed by atoms with E-state index in [9.17, 15) is 9.59 Å². The van der Waals surface area contributed by atoms with E-state index in [1.807, 2.05) is 0 Å². The lowest BCUT2D eigenvalue weighted by Crippen LogP contribution is -2.10. The molecule has 7 heteroatoms. The topological polar surface area (TPSA) is 93.1 Å². The highest BCUT2D eigenvalue weighted by atomic mass is 35.5. The van der Waals surface area contributed by atoms with Gasteiger partial charge in [-0.25, -0.2) is 9.59 Å². The van der Waals surface area contributed by atoms with E-state index in [-0.39, 0.29) is 11.5 Å². The van der Waals surface area contributed by atoms with Crippen LogP contribution in [-0.4, -0.2) is 29.3 Å². The molecule has 0 aliphatic heterocycles. The van der Waals surface area contributed by atoms with Gasteiger partial charge in [-0.2, -0.15) is 0 Å². The summed E-state index contributed by atoms with van der Waals surface area (Å²) < 4.78 is 9.90. The minimum atomic E-state index is -1.51. The molecule has 0 fully saturated rings. The van der Waals surface area contributed by atoms with Gasteiger partial charge in [-0.3, -0.25) is 0 Å². The zero-order valence-corrected chi connectivity index (χ0v) is 9.97. The van der Waals surface area contributed by atoms with Crippen molar-refractivity contribution < 1.29 is 29.3 Å². The second kappa shape index (κ2) is 5.92. The summed E-state index contributed by atoms with van der Waals surface area (Å²) in [6.07, 6.45) is 0.441. The van der Waals surface area contributed by atoms with Crippen molar-refractivity contribution in [1.82, 2.24) is 0 Å². The quantitative estimate of drug-likeness (QED) is 0.627. The summed E-state index contributed by atoms with van der Waals surface area (Å²) in [7, 11) is 1.35. The number of hydrogen-bond acceptors (Lipinski definition) is 4. The van der Waals surface area contributed by atoms with Crippen LogP contribution in [0.3, 0.4) is 0 Å². The van der Waals surface area contributed by atoms with E-state index >= 15 is 0 Å². The van der Waals surface area contributed by atoms with E-state index in [1.54, 1.807) is 0 Å². The second-order valence-electron chi connectivity index (χ2n) is 3.05. The van der Waals surface area contributed by atoms with Gasteiger partial charge in [-0.1, -0.05) is 11.6 Å². The number of carboxylic acid groups (broad SMARTS) is 2. The molecule has 18 heavy (non-hydrogen) atoms. The first-order valence-corrected chi connectivity index (χ1v) is 5.01. The van der Waals surface area contributed by atoms with E-state index in [1.165, 1.54) is 25.3 Å². The summed E-state index contributed by atoms with van der Waals surface area (Å²) in [5, 5.41) is 17.7. The van der Waals surface area contributed by atoms with Crippen LogP contribution in [0.2, 0.25) is 5.02 Å². The van der Waals surface area contributed by atoms with Gasteiger partial charge >= 0.3 is 11.9 Å². The molecule has 0 atom stereocenters. The molecule has 0 spiro atoms. The van der Waals surface area contributed by atoms with Gasteiger partial charge in [0.1, 0.15) is 0 Å². The molecule has 1 rings (SSSR count). The highest BCUT2D eigenvalue weighted by Gasteiger charge is 2.15. The fourth-order valence-corrected chi connectivity index (χ4v) is 1.25. The molecule has 1 aromatic rings. The Balaban J connectivity index is 3.08. The number of carbonyl (C=O) groups is 2. The van der Waals surface area contributed by atoms with Gasteiger partial charge in [-0.05, 0) is 12.1 Å². The van der Waals surface area contributed by atoms with E-state index in [0.717, 1.165) is 0 Å². The third kappa shape index (κ3) is 3.67. The largest absolute Gasteiger partial charge is 0.493 e. The van der Waals surface area contributed by atoms with Crippen LogP contribution >= 0.6 is 11.6 Å². The monoisotopic (exact) mass is 272 g/mol. The molecular weight excluding hydrogens is 264 g/mol. The Kier molecular flexibility index (Phi) is 4.56. The fraction of sp³-hybridized carbons (Fsp3) is 0.0909. The van der Waals surface area contributed by atoms with Crippen molar-refractivity contribution in [2.45, 2.75) is 0 Å². The van der Waals surface area contributed by atoms with Crippen LogP contribution in [0.5, 0.6) is 11.5 Å². The number of benzene rings is 1. The molecule has 0 radical (unpaired) electrons. The van der Waals surface area contributed by atoms with E-state index < -0.39 is 17.7 Å². The zero-order chi connectivity index (χ0) is 13.7. The summed E-state index contributed by atoms with van der Waals surface area (Å²) >= 11 is 5.72. The van der Waals surface area contributed by atoms with Gasteiger partial charge in [0.05, 0.1) is 13.2 Å². The molecule has 96 valence electrons. The molecule has 0 unspecified atom stereocenters. The number of methoxy groups -OCH3 is 1. The first kappa shape index (κ1) is 13.9. The first-order chi connectivity index (χ1) is 8.43. The van der Waals surface area contributed by atoms with Crippen LogP contribution in [0.25, 0.3) is 0 Å². The minimum Gasteiger partial charge on any atom is -0.493 e. The predicted octanol–water partition coefficient (Wildman–Crippen LogP) is 1.78. The van der Waals surface area contributed by atoms with E-state index in [0.29, 0.717) is 11.1 Å². The summed E-state index contributed by atoms with van der Waals surface area (Å²) in [5.41, 5.74) is 0. The van der Waals surface area contributed by atoms with Gasteiger partial charge in [0.25, 0.3) is 0 Å². The summed E-state index contributed by atoms with van der Waals surface area (Å²) in [6.45, 7) is 0. The molecule has 6 nitrogen and oxygen atoms in total. The standard InChI is InChI=1S/C11H9ClO6/c1-17-8-4-6(12)2-3-7(8)18-9(11(15)16)5-10(13)14/h2-5H,1H3,(H,13,14)(H,15,16)/b9-5+. The lowest BCUT2D eigenvalue weighted by atomic mass is 10.3. The van der Waals surface area contributed by atoms with Crippen LogP contribution in [0.1, 0.15) is 0 Å². The number of rotatable bonds is 5. The average molecular weight is 273 g/mol. The number of halogens is 1. The molecular formula is C11H9ClO6. The number of ether oxygens (including phenoxy) is 2. The lowest BCUT2D eigenvalue weighted by molar-refractivity contribution is -0.137.